The van der Waals surface area contributed by atoms with Gasteiger partial charge >= 0.3 is 0 Å². The Bertz CT molecular complexity index is 1250. The van der Waals surface area contributed by atoms with E-state index >= 15 is 0 Å². The molecule has 0 saturated heterocycles. The van der Waals surface area contributed by atoms with Gasteiger partial charge in [0, 0.05) is 28.5 Å². The van der Waals surface area contributed by atoms with Crippen molar-refractivity contribution in [3.05, 3.63) is 75.3 Å². The molecular weight excluding hydrogens is 352 g/mol. The number of nitrogens with zero attached hydrogens (tertiary/aromatic N) is 1. The van der Waals surface area contributed by atoms with Crippen LogP contribution in [0.2, 0.25) is 0 Å². The van der Waals surface area contributed by atoms with E-state index in [0.717, 1.165) is 16.8 Å². The third-order valence-electron chi connectivity index (χ3n) is 5.37. The lowest BCUT2D eigenvalue weighted by atomic mass is 10.0. The molecule has 142 valence electrons. The van der Waals surface area contributed by atoms with E-state index in [1.54, 1.807) is 19.1 Å². The minimum atomic E-state index is -0.485. The van der Waals surface area contributed by atoms with E-state index in [9.17, 15) is 9.59 Å². The van der Waals surface area contributed by atoms with Crippen LogP contribution >= 0.6 is 0 Å². The third-order valence-corrected chi connectivity index (χ3v) is 5.37. The van der Waals surface area contributed by atoms with E-state index in [1.165, 1.54) is 10.9 Å². The van der Waals surface area contributed by atoms with Crippen LogP contribution in [0, 0.1) is 13.8 Å². The Kier molecular flexibility index (Phi) is 4.47. The number of rotatable bonds is 4. The second-order valence-corrected chi connectivity index (χ2v) is 7.18. The lowest BCUT2D eigenvalue weighted by molar-refractivity contribution is -0.122. The molecule has 1 amide bonds. The Hall–Kier alpha value is -3.41. The zero-order valence-electron chi connectivity index (χ0n) is 16.1. The van der Waals surface area contributed by atoms with Crippen molar-refractivity contribution >= 4 is 27.6 Å². The summed E-state index contributed by atoms with van der Waals surface area (Å²) in [5.74, 6) is -0.617. The first-order valence-corrected chi connectivity index (χ1v) is 9.28. The van der Waals surface area contributed by atoms with Crippen molar-refractivity contribution in [3.63, 3.8) is 0 Å². The fraction of sp³-hybridized carbons (Fsp3) is 0.227. The number of hydrogen-bond acceptors (Lipinski definition) is 3. The number of carbonyl (C=O) groups is 1. The second-order valence-electron chi connectivity index (χ2n) is 7.18. The molecule has 2 aromatic carbocycles. The highest BCUT2D eigenvalue weighted by molar-refractivity contribution is 5.91. The third kappa shape index (κ3) is 3.07. The second kappa shape index (κ2) is 6.96. The Morgan fingerprint density at radius 3 is 2.64 bits per heavy atom. The van der Waals surface area contributed by atoms with E-state index in [-0.39, 0.29) is 11.5 Å². The van der Waals surface area contributed by atoms with Crippen LogP contribution < -0.4 is 10.9 Å². The first-order chi connectivity index (χ1) is 13.5. The fourth-order valence-corrected chi connectivity index (χ4v) is 3.55. The average molecular weight is 374 g/mol. The summed E-state index contributed by atoms with van der Waals surface area (Å²) in [5, 5.41) is 12.0. The van der Waals surface area contributed by atoms with Crippen LogP contribution in [0.25, 0.3) is 21.7 Å². The van der Waals surface area contributed by atoms with Crippen LogP contribution in [-0.4, -0.2) is 21.1 Å². The summed E-state index contributed by atoms with van der Waals surface area (Å²) in [5.41, 5.74) is 4.83. The molecule has 0 saturated carbocycles. The minimum absolute atomic E-state index is 0.133. The highest BCUT2D eigenvalue weighted by Crippen LogP contribution is 2.23. The molecule has 0 fully saturated rings. The van der Waals surface area contributed by atoms with Gasteiger partial charge in [0.2, 0.25) is 5.91 Å². The van der Waals surface area contributed by atoms with E-state index in [2.05, 4.69) is 40.4 Å². The number of nitrogens with one attached hydrogen (secondary N) is 3. The van der Waals surface area contributed by atoms with E-state index in [4.69, 9.17) is 0 Å². The van der Waals surface area contributed by atoms with Gasteiger partial charge in [0.05, 0.1) is 17.0 Å². The van der Waals surface area contributed by atoms with Crippen molar-refractivity contribution < 1.29 is 4.79 Å². The number of amides is 1. The summed E-state index contributed by atoms with van der Waals surface area (Å²) in [4.78, 5) is 28.0. The predicted octanol–water partition coefficient (Wildman–Crippen LogP) is 3.44. The van der Waals surface area contributed by atoms with Crippen molar-refractivity contribution in [1.82, 2.24) is 20.5 Å². The zero-order chi connectivity index (χ0) is 19.8. The molecule has 0 aliphatic carbocycles. The monoisotopic (exact) mass is 374 g/mol. The number of fused-ring (bicyclic) bond motifs is 2. The molecular formula is C22H22N4O2. The molecule has 0 spiro atoms. The molecule has 0 aliphatic heterocycles. The van der Waals surface area contributed by atoms with E-state index < -0.39 is 5.92 Å². The normalized spacial score (nSPS) is 12.4. The maximum Gasteiger partial charge on any atom is 0.272 e. The number of benzene rings is 2. The molecule has 2 aromatic heterocycles. The zero-order valence-corrected chi connectivity index (χ0v) is 16.1. The van der Waals surface area contributed by atoms with Gasteiger partial charge in [0.15, 0.2) is 0 Å². The number of H-pyrrole nitrogens is 2. The topological polar surface area (TPSA) is 90.6 Å². The molecule has 0 aliphatic rings. The van der Waals surface area contributed by atoms with Crippen molar-refractivity contribution in [2.45, 2.75) is 33.2 Å². The Balaban J connectivity index is 1.55. The van der Waals surface area contributed by atoms with Crippen LogP contribution in [0.4, 0.5) is 0 Å². The van der Waals surface area contributed by atoms with Gasteiger partial charge in [0.1, 0.15) is 0 Å². The number of aromatic nitrogens is 3. The van der Waals surface area contributed by atoms with Gasteiger partial charge in [0.25, 0.3) is 5.56 Å². The number of carbonyl (C=O) groups excluding carboxylic acids is 1. The minimum Gasteiger partial charge on any atom is -0.358 e. The molecule has 4 aromatic rings. The number of aromatic amines is 2. The van der Waals surface area contributed by atoms with Crippen LogP contribution in [-0.2, 0) is 11.3 Å². The highest BCUT2D eigenvalue weighted by Gasteiger charge is 2.20. The molecule has 4 rings (SSSR count). The molecule has 3 N–H and O–H groups in total. The first-order valence-electron chi connectivity index (χ1n) is 9.28. The van der Waals surface area contributed by atoms with E-state index in [1.807, 2.05) is 24.3 Å². The maximum atomic E-state index is 12.7. The van der Waals surface area contributed by atoms with E-state index in [0.29, 0.717) is 23.0 Å². The van der Waals surface area contributed by atoms with Gasteiger partial charge in [-0.25, -0.2) is 5.10 Å². The average Bonchev–Trinajstić information content (AvgIpc) is 2.99. The van der Waals surface area contributed by atoms with Gasteiger partial charge in [-0.05, 0) is 50.1 Å². The summed E-state index contributed by atoms with van der Waals surface area (Å²) >= 11 is 0. The van der Waals surface area contributed by atoms with Crippen LogP contribution in [0.15, 0.2) is 47.3 Å². The molecule has 0 radical (unpaired) electrons. The van der Waals surface area contributed by atoms with Crippen LogP contribution in [0.5, 0.6) is 0 Å². The summed E-state index contributed by atoms with van der Waals surface area (Å²) in [6.45, 7) is 6.38. The summed E-state index contributed by atoms with van der Waals surface area (Å²) in [6.07, 6.45) is 0. The van der Waals surface area contributed by atoms with Gasteiger partial charge < -0.3 is 10.3 Å². The summed E-state index contributed by atoms with van der Waals surface area (Å²) < 4.78 is 0. The summed E-state index contributed by atoms with van der Waals surface area (Å²) in [6, 6.07) is 13.4. The lowest BCUT2D eigenvalue weighted by Gasteiger charge is -2.13. The Morgan fingerprint density at radius 1 is 1.11 bits per heavy atom. The SMILES string of the molecule is Cc1[nH]c2ccc(CNC(=O)C(C)c3n[nH]c(=O)c4ccccc34)cc2c1C. The maximum absolute atomic E-state index is 12.7. The molecule has 1 atom stereocenters. The van der Waals surface area contributed by atoms with Gasteiger partial charge in [-0.15, -0.1) is 0 Å². The van der Waals surface area contributed by atoms with Crippen molar-refractivity contribution in [2.75, 3.05) is 0 Å². The molecule has 6 nitrogen and oxygen atoms in total. The largest absolute Gasteiger partial charge is 0.358 e. The number of aryl methyl sites for hydroxylation is 2. The van der Waals surface area contributed by atoms with Crippen molar-refractivity contribution in [3.8, 4) is 0 Å². The Labute approximate surface area is 162 Å². The lowest BCUT2D eigenvalue weighted by Crippen LogP contribution is -2.29. The van der Waals surface area contributed by atoms with Gasteiger partial charge in [-0.1, -0.05) is 24.3 Å². The van der Waals surface area contributed by atoms with Crippen LogP contribution in [0.3, 0.4) is 0 Å². The standard InChI is InChI=1S/C22H22N4O2/c1-12-14(3)24-19-9-8-15(10-18(12)19)11-23-21(27)13(2)20-16-6-4-5-7-17(16)22(28)26-25-20/h4-10,13,24H,11H2,1-3H3,(H,23,27)(H,26,28). The molecule has 6 heteroatoms. The molecule has 28 heavy (non-hydrogen) atoms. The summed E-state index contributed by atoms with van der Waals surface area (Å²) in [7, 11) is 0. The first kappa shape index (κ1) is 18.0. The fourth-order valence-electron chi connectivity index (χ4n) is 3.55. The van der Waals surface area contributed by atoms with Crippen molar-refractivity contribution in [1.29, 1.82) is 0 Å². The quantitative estimate of drug-likeness (QED) is 0.511. The molecule has 0 bridgehead atoms. The Morgan fingerprint density at radius 2 is 1.86 bits per heavy atom. The smallest absolute Gasteiger partial charge is 0.272 e. The van der Waals surface area contributed by atoms with Crippen molar-refractivity contribution in [2.24, 2.45) is 0 Å². The molecule has 1 unspecified atom stereocenters. The molecule has 2 heterocycles. The predicted molar refractivity (Wildman–Crippen MR) is 110 cm³/mol. The number of hydrogen-bond donors (Lipinski definition) is 3. The van der Waals surface area contributed by atoms with Gasteiger partial charge in [-0.2, -0.15) is 5.10 Å². The van der Waals surface area contributed by atoms with Crippen LogP contribution in [0.1, 0.15) is 35.4 Å². The van der Waals surface area contributed by atoms with Gasteiger partial charge in [-0.3, -0.25) is 9.59 Å². The highest BCUT2D eigenvalue weighted by atomic mass is 16.2.